The number of hydrogen-bond acceptors (Lipinski definition) is 5. The van der Waals surface area contributed by atoms with Gasteiger partial charge in [-0.15, -0.1) is 0 Å². The molecule has 1 aliphatic heterocycles. The summed E-state index contributed by atoms with van der Waals surface area (Å²) in [5.41, 5.74) is 0.0236. The van der Waals surface area contributed by atoms with Gasteiger partial charge in [-0.05, 0) is 12.1 Å². The normalized spacial score (nSPS) is 16.4. The van der Waals surface area contributed by atoms with Gasteiger partial charge in [-0.25, -0.2) is 9.78 Å². The first-order valence-electron chi connectivity index (χ1n) is 5.88. The van der Waals surface area contributed by atoms with Crippen LogP contribution in [-0.4, -0.2) is 60.4 Å². The van der Waals surface area contributed by atoms with Crippen LogP contribution in [0.15, 0.2) is 18.3 Å². The minimum absolute atomic E-state index is 0.0236. The summed E-state index contributed by atoms with van der Waals surface area (Å²) < 4.78 is 10.8. The number of morpholine rings is 1. The first kappa shape index (κ1) is 12.8. The standard InChI is InChI=1S/C12H16N2O4/c15-12(16)11-2-1-10(9-13-11)18-8-5-14-3-6-17-7-4-14/h1-2,9H,3-8H2,(H,15,16). The number of hydrogen-bond donors (Lipinski definition) is 1. The van der Waals surface area contributed by atoms with E-state index in [9.17, 15) is 4.79 Å². The van der Waals surface area contributed by atoms with E-state index in [2.05, 4.69) is 9.88 Å². The van der Waals surface area contributed by atoms with E-state index in [-0.39, 0.29) is 5.69 Å². The van der Waals surface area contributed by atoms with Crippen LogP contribution in [0.5, 0.6) is 5.75 Å². The fraction of sp³-hybridized carbons (Fsp3) is 0.500. The van der Waals surface area contributed by atoms with E-state index < -0.39 is 5.97 Å². The Labute approximate surface area is 105 Å². The van der Waals surface area contributed by atoms with Gasteiger partial charge >= 0.3 is 5.97 Å². The predicted octanol–water partition coefficient (Wildman–Crippen LogP) is 0.491. The highest BCUT2D eigenvalue weighted by Gasteiger charge is 2.10. The average Bonchev–Trinajstić information content (AvgIpc) is 2.40. The van der Waals surface area contributed by atoms with E-state index in [1.165, 1.54) is 12.3 Å². The molecule has 0 aliphatic carbocycles. The second-order valence-electron chi connectivity index (χ2n) is 3.99. The monoisotopic (exact) mass is 252 g/mol. The molecule has 2 heterocycles. The average molecular weight is 252 g/mol. The van der Waals surface area contributed by atoms with Crippen molar-refractivity contribution in [2.24, 2.45) is 0 Å². The van der Waals surface area contributed by atoms with Crippen molar-refractivity contribution in [3.8, 4) is 5.75 Å². The largest absolute Gasteiger partial charge is 0.491 e. The van der Waals surface area contributed by atoms with Crippen LogP contribution in [0.1, 0.15) is 10.5 Å². The Bertz CT molecular complexity index is 388. The molecular formula is C12H16N2O4. The minimum Gasteiger partial charge on any atom is -0.491 e. The lowest BCUT2D eigenvalue weighted by Gasteiger charge is -2.26. The number of carbonyl (C=O) groups is 1. The van der Waals surface area contributed by atoms with Gasteiger partial charge in [0.1, 0.15) is 18.1 Å². The summed E-state index contributed by atoms with van der Waals surface area (Å²) in [5.74, 6) is -0.442. The minimum atomic E-state index is -1.03. The summed E-state index contributed by atoms with van der Waals surface area (Å²) in [4.78, 5) is 16.7. The van der Waals surface area contributed by atoms with Crippen molar-refractivity contribution in [2.75, 3.05) is 39.5 Å². The molecule has 1 aromatic heterocycles. The van der Waals surface area contributed by atoms with Crippen molar-refractivity contribution in [1.29, 1.82) is 0 Å². The Kier molecular flexibility index (Phi) is 4.49. The SMILES string of the molecule is O=C(O)c1ccc(OCCN2CCOCC2)cn1. The molecule has 2 rings (SSSR count). The lowest BCUT2D eigenvalue weighted by Crippen LogP contribution is -2.38. The van der Waals surface area contributed by atoms with Gasteiger partial charge in [0.05, 0.1) is 19.4 Å². The zero-order valence-electron chi connectivity index (χ0n) is 10.0. The van der Waals surface area contributed by atoms with Crippen molar-refractivity contribution in [2.45, 2.75) is 0 Å². The Hall–Kier alpha value is -1.66. The third-order valence-electron chi connectivity index (χ3n) is 2.74. The van der Waals surface area contributed by atoms with Crippen molar-refractivity contribution >= 4 is 5.97 Å². The van der Waals surface area contributed by atoms with Gasteiger partial charge in [0.15, 0.2) is 0 Å². The smallest absolute Gasteiger partial charge is 0.354 e. The Morgan fingerprint density at radius 1 is 1.44 bits per heavy atom. The third-order valence-corrected chi connectivity index (χ3v) is 2.74. The van der Waals surface area contributed by atoms with Crippen LogP contribution in [0.3, 0.4) is 0 Å². The summed E-state index contributed by atoms with van der Waals surface area (Å²) in [6, 6.07) is 3.06. The fourth-order valence-electron chi connectivity index (χ4n) is 1.71. The highest BCUT2D eigenvalue weighted by Crippen LogP contribution is 2.09. The number of aromatic nitrogens is 1. The molecule has 18 heavy (non-hydrogen) atoms. The zero-order valence-corrected chi connectivity index (χ0v) is 10.0. The van der Waals surface area contributed by atoms with Crippen LogP contribution in [0, 0.1) is 0 Å². The first-order chi connectivity index (χ1) is 8.75. The zero-order chi connectivity index (χ0) is 12.8. The van der Waals surface area contributed by atoms with E-state index in [4.69, 9.17) is 14.6 Å². The number of rotatable bonds is 5. The molecule has 0 spiro atoms. The number of carboxylic acids is 1. The highest BCUT2D eigenvalue weighted by molar-refractivity contribution is 5.85. The first-order valence-corrected chi connectivity index (χ1v) is 5.88. The number of pyridine rings is 1. The molecule has 0 amide bonds. The number of nitrogens with zero attached hydrogens (tertiary/aromatic N) is 2. The van der Waals surface area contributed by atoms with Gasteiger partial charge < -0.3 is 14.6 Å². The molecule has 1 aliphatic rings. The van der Waals surface area contributed by atoms with Gasteiger partial charge in [0.2, 0.25) is 0 Å². The van der Waals surface area contributed by atoms with E-state index in [1.807, 2.05) is 0 Å². The Morgan fingerprint density at radius 2 is 2.22 bits per heavy atom. The van der Waals surface area contributed by atoms with Crippen molar-refractivity contribution in [3.63, 3.8) is 0 Å². The molecular weight excluding hydrogens is 236 g/mol. The van der Waals surface area contributed by atoms with Crippen molar-refractivity contribution < 1.29 is 19.4 Å². The number of ether oxygens (including phenoxy) is 2. The van der Waals surface area contributed by atoms with Crippen LogP contribution in [0.25, 0.3) is 0 Å². The van der Waals surface area contributed by atoms with Crippen LogP contribution in [0.2, 0.25) is 0 Å². The second-order valence-corrected chi connectivity index (χ2v) is 3.99. The quantitative estimate of drug-likeness (QED) is 0.822. The molecule has 1 N–H and O–H groups in total. The highest BCUT2D eigenvalue weighted by atomic mass is 16.5. The number of aromatic carboxylic acids is 1. The third kappa shape index (κ3) is 3.68. The summed E-state index contributed by atoms with van der Waals surface area (Å²) in [7, 11) is 0. The maximum Gasteiger partial charge on any atom is 0.354 e. The Morgan fingerprint density at radius 3 is 2.83 bits per heavy atom. The molecule has 0 unspecified atom stereocenters. The van der Waals surface area contributed by atoms with E-state index in [0.717, 1.165) is 32.8 Å². The van der Waals surface area contributed by atoms with Gasteiger partial charge in [-0.2, -0.15) is 0 Å². The molecule has 1 aromatic rings. The molecule has 0 aromatic carbocycles. The Balaban J connectivity index is 1.74. The van der Waals surface area contributed by atoms with E-state index in [1.54, 1.807) is 6.07 Å². The van der Waals surface area contributed by atoms with Gasteiger partial charge in [0.25, 0.3) is 0 Å². The molecule has 98 valence electrons. The fourth-order valence-corrected chi connectivity index (χ4v) is 1.71. The van der Waals surface area contributed by atoms with E-state index >= 15 is 0 Å². The maximum atomic E-state index is 10.6. The molecule has 1 fully saturated rings. The molecule has 0 radical (unpaired) electrons. The molecule has 0 bridgehead atoms. The van der Waals surface area contributed by atoms with Crippen molar-refractivity contribution in [3.05, 3.63) is 24.0 Å². The molecule has 6 nitrogen and oxygen atoms in total. The lowest BCUT2D eigenvalue weighted by atomic mass is 10.3. The predicted molar refractivity (Wildman–Crippen MR) is 64.0 cm³/mol. The summed E-state index contributed by atoms with van der Waals surface area (Å²) in [6.45, 7) is 4.81. The summed E-state index contributed by atoms with van der Waals surface area (Å²) in [5, 5.41) is 8.70. The molecule has 0 saturated carbocycles. The van der Waals surface area contributed by atoms with Gasteiger partial charge in [-0.1, -0.05) is 0 Å². The summed E-state index contributed by atoms with van der Waals surface area (Å²) >= 11 is 0. The number of carboxylic acid groups (broad SMARTS) is 1. The maximum absolute atomic E-state index is 10.6. The lowest BCUT2D eigenvalue weighted by molar-refractivity contribution is 0.0322. The van der Waals surface area contributed by atoms with E-state index in [0.29, 0.717) is 12.4 Å². The van der Waals surface area contributed by atoms with Crippen LogP contribution >= 0.6 is 0 Å². The molecule has 6 heteroatoms. The van der Waals surface area contributed by atoms with Crippen molar-refractivity contribution in [1.82, 2.24) is 9.88 Å². The summed E-state index contributed by atoms with van der Waals surface area (Å²) in [6.07, 6.45) is 1.43. The topological polar surface area (TPSA) is 71.9 Å². The van der Waals surface area contributed by atoms with Crippen LogP contribution in [-0.2, 0) is 4.74 Å². The van der Waals surface area contributed by atoms with Gasteiger partial charge in [0, 0.05) is 19.6 Å². The van der Waals surface area contributed by atoms with Crippen LogP contribution in [0.4, 0.5) is 0 Å². The van der Waals surface area contributed by atoms with Gasteiger partial charge in [-0.3, -0.25) is 4.90 Å². The molecule has 1 saturated heterocycles. The van der Waals surface area contributed by atoms with Crippen LogP contribution < -0.4 is 4.74 Å². The molecule has 0 atom stereocenters. The second kappa shape index (κ2) is 6.32.